The van der Waals surface area contributed by atoms with Gasteiger partial charge >= 0.3 is 0 Å². The molecule has 7 heteroatoms. The lowest BCUT2D eigenvalue weighted by Crippen LogP contribution is -2.31. The van der Waals surface area contributed by atoms with Crippen LogP contribution >= 0.6 is 0 Å². The van der Waals surface area contributed by atoms with E-state index < -0.39 is 0 Å². The second kappa shape index (κ2) is 8.91. The topological polar surface area (TPSA) is 104 Å². The molecule has 21 heavy (non-hydrogen) atoms. The van der Waals surface area contributed by atoms with Crippen LogP contribution in [-0.2, 0) is 4.74 Å². The molecule has 0 aromatic carbocycles. The Labute approximate surface area is 125 Å². The predicted octanol–water partition coefficient (Wildman–Crippen LogP) is 0.610. The summed E-state index contributed by atoms with van der Waals surface area (Å²) >= 11 is 0. The fourth-order valence-electron chi connectivity index (χ4n) is 1.82. The molecule has 0 bridgehead atoms. The van der Waals surface area contributed by atoms with Crippen molar-refractivity contribution in [3.8, 4) is 0 Å². The summed E-state index contributed by atoms with van der Waals surface area (Å²) in [5, 5.41) is 10.1. The van der Waals surface area contributed by atoms with Gasteiger partial charge in [-0.15, -0.1) is 0 Å². The molecule has 0 aliphatic carbocycles. The van der Waals surface area contributed by atoms with Crippen LogP contribution in [0.1, 0.15) is 23.8 Å². The fraction of sp³-hybridized carbons (Fsp3) is 0.500. The normalized spacial score (nSPS) is 10.2. The molecule has 0 radical (unpaired) electrons. The first-order valence-corrected chi connectivity index (χ1v) is 6.89. The molecule has 1 aromatic heterocycles. The molecule has 7 nitrogen and oxygen atoms in total. The molecule has 0 atom stereocenters. The second-order valence-electron chi connectivity index (χ2n) is 4.51. The number of carbonyl (C=O) groups excluding carboxylic acids is 1. The summed E-state index contributed by atoms with van der Waals surface area (Å²) in [4.78, 5) is 17.9. The van der Waals surface area contributed by atoms with Gasteiger partial charge in [0.2, 0.25) is 0 Å². The molecule has 0 unspecified atom stereocenters. The number of hydrogen-bond donors (Lipinski definition) is 3. The van der Waals surface area contributed by atoms with Gasteiger partial charge in [-0.1, -0.05) is 0 Å². The molecule has 4 N–H and O–H groups in total. The quantitative estimate of drug-likeness (QED) is 0.457. The van der Waals surface area contributed by atoms with E-state index >= 15 is 0 Å². The molecule has 1 rings (SSSR count). The Kier molecular flexibility index (Phi) is 7.17. The van der Waals surface area contributed by atoms with Crippen LogP contribution in [0.3, 0.4) is 0 Å². The van der Waals surface area contributed by atoms with Crippen molar-refractivity contribution in [2.45, 2.75) is 13.3 Å². The number of nitrogens with two attached hydrogens (primary N) is 1. The van der Waals surface area contributed by atoms with Crippen LogP contribution in [-0.4, -0.2) is 50.1 Å². The minimum absolute atomic E-state index is 0.135. The smallest absolute Gasteiger partial charge is 0.269 e. The van der Waals surface area contributed by atoms with E-state index in [1.165, 1.54) is 0 Å². The fourth-order valence-corrected chi connectivity index (χ4v) is 1.82. The average molecular weight is 293 g/mol. The highest BCUT2D eigenvalue weighted by Crippen LogP contribution is 2.15. The molecular weight excluding hydrogens is 270 g/mol. The van der Waals surface area contributed by atoms with Crippen molar-refractivity contribution in [2.75, 3.05) is 38.3 Å². The van der Waals surface area contributed by atoms with Crippen molar-refractivity contribution in [3.63, 3.8) is 0 Å². The maximum Gasteiger partial charge on any atom is 0.269 e. The van der Waals surface area contributed by atoms with Gasteiger partial charge in [-0.25, -0.2) is 0 Å². The summed E-state index contributed by atoms with van der Waals surface area (Å²) in [5.74, 6) is -0.0620. The molecular formula is C14H23N5O2. The molecule has 0 aliphatic heterocycles. The number of hydrogen-bond acceptors (Lipinski definition) is 5. The van der Waals surface area contributed by atoms with Crippen LogP contribution in [0, 0.1) is 5.41 Å². The molecule has 1 amide bonds. The van der Waals surface area contributed by atoms with Crippen molar-refractivity contribution in [1.82, 2.24) is 10.3 Å². The molecule has 0 aliphatic rings. The minimum atomic E-state index is -0.197. The lowest BCUT2D eigenvalue weighted by molar-refractivity contribution is 0.0951. The first kappa shape index (κ1) is 16.9. The van der Waals surface area contributed by atoms with E-state index in [0.29, 0.717) is 38.4 Å². The standard InChI is InChI=1S/C14H23N5O2/c1-3-17-14(20)12-10-11(4-6-18-12)19(8-9-21-2)7-5-13(15)16/h4,6,10H,3,5,7-9H2,1-2H3,(H3,15,16)(H,17,20). The molecule has 0 spiro atoms. The minimum Gasteiger partial charge on any atom is -0.388 e. The van der Waals surface area contributed by atoms with Gasteiger partial charge in [0, 0.05) is 45.0 Å². The number of nitrogens with one attached hydrogen (secondary N) is 2. The number of methoxy groups -OCH3 is 1. The van der Waals surface area contributed by atoms with Gasteiger partial charge < -0.3 is 20.7 Å². The van der Waals surface area contributed by atoms with E-state index in [0.717, 1.165) is 5.69 Å². The third-order valence-electron chi connectivity index (χ3n) is 2.90. The number of rotatable bonds is 9. The third kappa shape index (κ3) is 5.78. The Balaban J connectivity index is 2.87. The van der Waals surface area contributed by atoms with E-state index in [-0.39, 0.29) is 11.7 Å². The highest BCUT2D eigenvalue weighted by Gasteiger charge is 2.11. The highest BCUT2D eigenvalue weighted by molar-refractivity contribution is 5.93. The average Bonchev–Trinajstić information content (AvgIpc) is 2.47. The van der Waals surface area contributed by atoms with E-state index in [9.17, 15) is 4.79 Å². The van der Waals surface area contributed by atoms with Crippen molar-refractivity contribution in [2.24, 2.45) is 5.73 Å². The van der Waals surface area contributed by atoms with Crippen LogP contribution in [0.15, 0.2) is 18.3 Å². The summed E-state index contributed by atoms with van der Waals surface area (Å²) in [5.41, 5.74) is 6.65. The zero-order valence-corrected chi connectivity index (χ0v) is 12.6. The number of nitrogens with zero attached hydrogens (tertiary/aromatic N) is 2. The van der Waals surface area contributed by atoms with Crippen molar-refractivity contribution in [1.29, 1.82) is 5.41 Å². The van der Waals surface area contributed by atoms with Crippen LogP contribution in [0.4, 0.5) is 5.69 Å². The summed E-state index contributed by atoms with van der Waals surface area (Å²) in [7, 11) is 1.63. The Hall–Kier alpha value is -2.15. The summed E-state index contributed by atoms with van der Waals surface area (Å²) in [6, 6.07) is 3.57. The van der Waals surface area contributed by atoms with E-state index in [2.05, 4.69) is 10.3 Å². The van der Waals surface area contributed by atoms with Gasteiger partial charge in [0.05, 0.1) is 12.4 Å². The van der Waals surface area contributed by atoms with E-state index in [1.807, 2.05) is 17.9 Å². The van der Waals surface area contributed by atoms with Gasteiger partial charge in [-0.3, -0.25) is 15.2 Å². The largest absolute Gasteiger partial charge is 0.388 e. The van der Waals surface area contributed by atoms with Gasteiger partial charge in [-0.2, -0.15) is 0 Å². The van der Waals surface area contributed by atoms with Crippen molar-refractivity contribution >= 4 is 17.4 Å². The van der Waals surface area contributed by atoms with Crippen LogP contribution in [0.25, 0.3) is 0 Å². The zero-order chi connectivity index (χ0) is 15.7. The number of anilines is 1. The maximum atomic E-state index is 11.8. The number of amidine groups is 1. The Morgan fingerprint density at radius 1 is 1.52 bits per heavy atom. The van der Waals surface area contributed by atoms with Crippen molar-refractivity contribution in [3.05, 3.63) is 24.0 Å². The number of aromatic nitrogens is 1. The highest BCUT2D eigenvalue weighted by atomic mass is 16.5. The van der Waals surface area contributed by atoms with E-state index in [1.54, 1.807) is 19.4 Å². The van der Waals surface area contributed by atoms with Gasteiger partial charge in [0.25, 0.3) is 5.91 Å². The first-order valence-electron chi connectivity index (χ1n) is 6.89. The number of amides is 1. The molecule has 0 fully saturated rings. The van der Waals surface area contributed by atoms with Gasteiger partial charge in [0.1, 0.15) is 5.69 Å². The zero-order valence-electron chi connectivity index (χ0n) is 12.6. The molecule has 0 saturated heterocycles. The molecule has 116 valence electrons. The van der Waals surface area contributed by atoms with Crippen LogP contribution in [0.5, 0.6) is 0 Å². The molecule has 1 heterocycles. The summed E-state index contributed by atoms with van der Waals surface area (Å²) < 4.78 is 5.10. The number of ether oxygens (including phenoxy) is 1. The lowest BCUT2D eigenvalue weighted by atomic mass is 10.2. The van der Waals surface area contributed by atoms with Crippen molar-refractivity contribution < 1.29 is 9.53 Å². The van der Waals surface area contributed by atoms with E-state index in [4.69, 9.17) is 15.9 Å². The SMILES string of the molecule is CCNC(=O)c1cc(N(CCOC)CCC(=N)N)ccn1. The van der Waals surface area contributed by atoms with Gasteiger partial charge in [-0.05, 0) is 19.1 Å². The van der Waals surface area contributed by atoms with Crippen LogP contribution < -0.4 is 16.0 Å². The number of carbonyl (C=O) groups is 1. The van der Waals surface area contributed by atoms with Gasteiger partial charge in [0.15, 0.2) is 0 Å². The summed E-state index contributed by atoms with van der Waals surface area (Å²) in [6.07, 6.45) is 2.07. The first-order chi connectivity index (χ1) is 10.1. The second-order valence-corrected chi connectivity index (χ2v) is 4.51. The maximum absolute atomic E-state index is 11.8. The summed E-state index contributed by atoms with van der Waals surface area (Å²) in [6.45, 7) is 4.22. The third-order valence-corrected chi connectivity index (χ3v) is 2.90. The monoisotopic (exact) mass is 293 g/mol. The predicted molar refractivity (Wildman–Crippen MR) is 82.9 cm³/mol. The number of pyridine rings is 1. The molecule has 1 aromatic rings. The molecule has 0 saturated carbocycles. The lowest BCUT2D eigenvalue weighted by Gasteiger charge is -2.24. The van der Waals surface area contributed by atoms with Crippen LogP contribution in [0.2, 0.25) is 0 Å². The Morgan fingerprint density at radius 3 is 2.90 bits per heavy atom. The Morgan fingerprint density at radius 2 is 2.29 bits per heavy atom. The Bertz CT molecular complexity index is 478.